The highest BCUT2D eigenvalue weighted by Gasteiger charge is 2.36. The number of carbonyl (C=O) groups is 2. The van der Waals surface area contributed by atoms with E-state index in [0.29, 0.717) is 5.69 Å². The summed E-state index contributed by atoms with van der Waals surface area (Å²) in [5.41, 5.74) is 0.529. The Labute approximate surface area is 114 Å². The van der Waals surface area contributed by atoms with Crippen LogP contribution in [-0.2, 0) is 14.3 Å². The number of esters is 1. The number of carbonyl (C=O) groups excluding carboxylic acids is 2. The van der Waals surface area contributed by atoms with E-state index in [4.69, 9.17) is 23.2 Å². The highest BCUT2D eigenvalue weighted by atomic mass is 35.5. The Kier molecular flexibility index (Phi) is 3.73. The first-order valence-corrected chi connectivity index (χ1v) is 5.97. The molecule has 2 heterocycles. The molecule has 0 aliphatic carbocycles. The van der Waals surface area contributed by atoms with Gasteiger partial charge in [0.05, 0.1) is 29.9 Å². The predicted molar refractivity (Wildman–Crippen MR) is 66.7 cm³/mol. The summed E-state index contributed by atoms with van der Waals surface area (Å²) in [4.78, 5) is 28.5. The van der Waals surface area contributed by atoms with Crippen molar-refractivity contribution in [1.82, 2.24) is 4.98 Å². The third-order valence-electron chi connectivity index (χ3n) is 2.75. The zero-order chi connectivity index (χ0) is 13.3. The normalized spacial score (nSPS) is 19.2. The molecule has 1 aromatic heterocycles. The van der Waals surface area contributed by atoms with Gasteiger partial charge in [0.2, 0.25) is 5.91 Å². The molecule has 0 aromatic carbocycles. The van der Waals surface area contributed by atoms with Crippen molar-refractivity contribution in [2.75, 3.05) is 18.6 Å². The van der Waals surface area contributed by atoms with Crippen LogP contribution in [0, 0.1) is 5.92 Å². The largest absolute Gasteiger partial charge is 0.469 e. The lowest BCUT2D eigenvalue weighted by molar-refractivity contribution is -0.145. The van der Waals surface area contributed by atoms with E-state index in [9.17, 15) is 9.59 Å². The maximum absolute atomic E-state index is 11.8. The average molecular weight is 289 g/mol. The van der Waals surface area contributed by atoms with Crippen molar-refractivity contribution in [3.8, 4) is 0 Å². The van der Waals surface area contributed by atoms with Crippen LogP contribution in [0.2, 0.25) is 10.2 Å². The van der Waals surface area contributed by atoms with Gasteiger partial charge >= 0.3 is 5.97 Å². The SMILES string of the molecule is COC(=O)C1CC(=O)N(c2cnc(Cl)c(Cl)c2)C1. The molecule has 2 rings (SSSR count). The summed E-state index contributed by atoms with van der Waals surface area (Å²) in [6.07, 6.45) is 1.58. The van der Waals surface area contributed by atoms with Gasteiger partial charge in [0.15, 0.2) is 0 Å². The molecule has 0 saturated carbocycles. The summed E-state index contributed by atoms with van der Waals surface area (Å²) in [6, 6.07) is 1.55. The van der Waals surface area contributed by atoms with Crippen LogP contribution in [0.5, 0.6) is 0 Å². The molecule has 1 fully saturated rings. The van der Waals surface area contributed by atoms with Gasteiger partial charge in [-0.2, -0.15) is 0 Å². The monoisotopic (exact) mass is 288 g/mol. The number of amides is 1. The van der Waals surface area contributed by atoms with Crippen molar-refractivity contribution >= 4 is 40.8 Å². The van der Waals surface area contributed by atoms with E-state index in [-0.39, 0.29) is 35.0 Å². The minimum absolute atomic E-state index is 0.132. The van der Waals surface area contributed by atoms with Crippen molar-refractivity contribution < 1.29 is 14.3 Å². The second kappa shape index (κ2) is 5.12. The Morgan fingerprint density at radius 3 is 2.89 bits per heavy atom. The van der Waals surface area contributed by atoms with Crippen LogP contribution >= 0.6 is 23.2 Å². The van der Waals surface area contributed by atoms with Gasteiger partial charge in [0.25, 0.3) is 0 Å². The van der Waals surface area contributed by atoms with E-state index in [1.165, 1.54) is 18.2 Å². The van der Waals surface area contributed by atoms with Gasteiger partial charge in [-0.1, -0.05) is 23.2 Å². The molecular formula is C11H10Cl2N2O3. The number of halogens is 2. The third kappa shape index (κ3) is 2.42. The van der Waals surface area contributed by atoms with Gasteiger partial charge in [-0.05, 0) is 6.07 Å². The Morgan fingerprint density at radius 1 is 1.56 bits per heavy atom. The number of hydrogen-bond acceptors (Lipinski definition) is 4. The summed E-state index contributed by atoms with van der Waals surface area (Å²) < 4.78 is 4.63. The number of hydrogen-bond donors (Lipinski definition) is 0. The number of anilines is 1. The third-order valence-corrected chi connectivity index (χ3v) is 3.44. The predicted octanol–water partition coefficient (Wildman–Crippen LogP) is 1.91. The number of pyridine rings is 1. The maximum Gasteiger partial charge on any atom is 0.311 e. The number of aromatic nitrogens is 1. The molecule has 1 aliphatic heterocycles. The molecule has 0 radical (unpaired) electrons. The van der Waals surface area contributed by atoms with Crippen LogP contribution in [0.15, 0.2) is 12.3 Å². The van der Waals surface area contributed by atoms with E-state index in [2.05, 4.69) is 9.72 Å². The van der Waals surface area contributed by atoms with Crippen LogP contribution in [0.4, 0.5) is 5.69 Å². The molecule has 0 spiro atoms. The number of methoxy groups -OCH3 is 1. The molecular weight excluding hydrogens is 279 g/mol. The molecule has 1 saturated heterocycles. The molecule has 1 aliphatic rings. The summed E-state index contributed by atoms with van der Waals surface area (Å²) in [7, 11) is 1.30. The number of nitrogens with zero attached hydrogens (tertiary/aromatic N) is 2. The molecule has 7 heteroatoms. The van der Waals surface area contributed by atoms with E-state index in [1.54, 1.807) is 6.07 Å². The van der Waals surface area contributed by atoms with Gasteiger partial charge in [-0.3, -0.25) is 9.59 Å². The molecule has 5 nitrogen and oxygen atoms in total. The van der Waals surface area contributed by atoms with Gasteiger partial charge in [-0.15, -0.1) is 0 Å². The lowest BCUT2D eigenvalue weighted by Gasteiger charge is -2.16. The number of rotatable bonds is 2. The second-order valence-corrected chi connectivity index (χ2v) is 4.66. The smallest absolute Gasteiger partial charge is 0.311 e. The van der Waals surface area contributed by atoms with Crippen molar-refractivity contribution in [2.45, 2.75) is 6.42 Å². The minimum Gasteiger partial charge on any atom is -0.469 e. The fourth-order valence-electron chi connectivity index (χ4n) is 1.84. The molecule has 1 aromatic rings. The van der Waals surface area contributed by atoms with Crippen molar-refractivity contribution in [3.05, 3.63) is 22.4 Å². The zero-order valence-corrected chi connectivity index (χ0v) is 11.0. The van der Waals surface area contributed by atoms with E-state index < -0.39 is 5.92 Å². The Bertz CT molecular complexity index is 507. The molecule has 1 amide bonds. The van der Waals surface area contributed by atoms with Crippen molar-refractivity contribution in [3.63, 3.8) is 0 Å². The fraction of sp³-hybridized carbons (Fsp3) is 0.364. The number of ether oxygens (including phenoxy) is 1. The minimum atomic E-state index is -0.447. The summed E-state index contributed by atoms with van der Waals surface area (Å²) >= 11 is 11.5. The van der Waals surface area contributed by atoms with Crippen LogP contribution < -0.4 is 4.90 Å². The van der Waals surface area contributed by atoms with Crippen molar-refractivity contribution in [1.29, 1.82) is 0 Å². The molecule has 1 unspecified atom stereocenters. The van der Waals surface area contributed by atoms with Crippen LogP contribution in [0.1, 0.15) is 6.42 Å². The highest BCUT2D eigenvalue weighted by molar-refractivity contribution is 6.41. The lowest BCUT2D eigenvalue weighted by Crippen LogP contribution is -2.26. The topological polar surface area (TPSA) is 59.5 Å². The quantitative estimate of drug-likeness (QED) is 0.616. The molecule has 96 valence electrons. The van der Waals surface area contributed by atoms with Crippen LogP contribution in [0.25, 0.3) is 0 Å². The van der Waals surface area contributed by atoms with Crippen LogP contribution in [-0.4, -0.2) is 30.5 Å². The zero-order valence-electron chi connectivity index (χ0n) is 9.52. The maximum atomic E-state index is 11.8. The molecule has 18 heavy (non-hydrogen) atoms. The van der Waals surface area contributed by atoms with Crippen molar-refractivity contribution in [2.24, 2.45) is 5.92 Å². The first kappa shape index (κ1) is 13.1. The Hall–Kier alpha value is -1.33. The molecule has 0 N–H and O–H groups in total. The summed E-state index contributed by atoms with van der Waals surface area (Å²) in [5, 5.41) is 0.445. The van der Waals surface area contributed by atoms with Gasteiger partial charge in [0.1, 0.15) is 5.15 Å². The second-order valence-electron chi connectivity index (χ2n) is 3.89. The van der Waals surface area contributed by atoms with Gasteiger partial charge in [0, 0.05) is 13.0 Å². The van der Waals surface area contributed by atoms with E-state index >= 15 is 0 Å². The average Bonchev–Trinajstić information content (AvgIpc) is 2.74. The lowest BCUT2D eigenvalue weighted by atomic mass is 10.1. The molecule has 1 atom stereocenters. The standard InChI is InChI=1S/C11H10Cl2N2O3/c1-18-11(17)6-2-9(16)15(5-6)7-3-8(12)10(13)14-4-7/h3-4,6H,2,5H2,1H3. The summed E-state index contributed by atoms with van der Waals surface area (Å²) in [5.74, 6) is -0.999. The first-order chi connectivity index (χ1) is 8.52. The van der Waals surface area contributed by atoms with Gasteiger partial charge < -0.3 is 9.64 Å². The van der Waals surface area contributed by atoms with E-state index in [0.717, 1.165) is 0 Å². The Morgan fingerprint density at radius 2 is 2.28 bits per heavy atom. The highest BCUT2D eigenvalue weighted by Crippen LogP contribution is 2.29. The summed E-state index contributed by atoms with van der Waals surface area (Å²) in [6.45, 7) is 0.269. The first-order valence-electron chi connectivity index (χ1n) is 5.22. The van der Waals surface area contributed by atoms with Crippen LogP contribution in [0.3, 0.4) is 0 Å². The van der Waals surface area contributed by atoms with Gasteiger partial charge in [-0.25, -0.2) is 4.98 Å². The van der Waals surface area contributed by atoms with E-state index in [1.807, 2.05) is 0 Å². The molecule has 0 bridgehead atoms. The fourth-order valence-corrected chi connectivity index (χ4v) is 2.10. The Balaban J connectivity index is 2.21.